The zero-order valence-electron chi connectivity index (χ0n) is 32.8. The first-order valence-corrected chi connectivity index (χ1v) is 19.6. The second kappa shape index (κ2) is 15.2. The number of methoxy groups -OCH3 is 2. The lowest BCUT2D eigenvalue weighted by molar-refractivity contribution is -0.137. The van der Waals surface area contributed by atoms with Crippen molar-refractivity contribution < 1.29 is 28.6 Å². The van der Waals surface area contributed by atoms with E-state index in [1.807, 2.05) is 22.9 Å². The predicted molar refractivity (Wildman–Crippen MR) is 213 cm³/mol. The summed E-state index contributed by atoms with van der Waals surface area (Å²) >= 11 is 0. The van der Waals surface area contributed by atoms with E-state index in [4.69, 9.17) is 19.4 Å². The number of imidazole rings is 2. The molecule has 6 atom stereocenters. The Morgan fingerprint density at radius 2 is 1.88 bits per heavy atom. The Balaban J connectivity index is 1.05. The summed E-state index contributed by atoms with van der Waals surface area (Å²) in [5, 5.41) is 2.11. The SMILES string of the molecule is CCCC(=O)N1[C@@H](C)CC[C@H]1c1nc2ccc3cc4c(cc3c2[nH]1)OCc1cc(-c2cnc([C@@H]3C[C@H](C)CN3C(=O)C(/C=N/C(=O)OC)[C@@H](C)OC)[nH]2)ccc1-4. The Kier molecular flexibility index (Phi) is 10.1. The number of hydrogen-bond donors (Lipinski definition) is 2. The number of H-pyrrole nitrogens is 2. The van der Waals surface area contributed by atoms with Gasteiger partial charge >= 0.3 is 6.09 Å². The quantitative estimate of drug-likeness (QED) is 0.144. The van der Waals surface area contributed by atoms with E-state index < -0.39 is 18.1 Å². The number of amides is 3. The standard InChI is InChI=1S/C43H49N7O6/c1-7-8-38(51)50-24(3)9-14-35(50)41-46-33-13-11-26-17-31-29-12-10-27(16-28(29)22-56-37(31)18-30(26)39(33)48-41)34-20-44-40(47-34)36-15-23(2)21-49(36)42(52)32(25(4)54-5)19-45-43(53)55-6/h10-13,16-20,23-25,32,35-36H,7-9,14-15,21-22H2,1-6H3,(H,44,47)(H,46,48)/b45-19+/t23-,24-,25+,32?,35-,36-/m0/s1. The van der Waals surface area contributed by atoms with Crippen LogP contribution >= 0.6 is 0 Å². The van der Waals surface area contributed by atoms with Crippen molar-refractivity contribution >= 4 is 45.9 Å². The van der Waals surface area contributed by atoms with Crippen molar-refractivity contribution in [3.8, 4) is 28.1 Å². The third-order valence-electron chi connectivity index (χ3n) is 11.8. The molecule has 1 unspecified atom stereocenters. The van der Waals surface area contributed by atoms with Crippen molar-refractivity contribution in [2.75, 3.05) is 20.8 Å². The number of aliphatic imine (C=N–C) groups is 1. The first-order chi connectivity index (χ1) is 27.1. The fraction of sp³-hybridized carbons (Fsp3) is 0.442. The van der Waals surface area contributed by atoms with Gasteiger partial charge in [0.25, 0.3) is 0 Å². The highest BCUT2D eigenvalue weighted by Gasteiger charge is 2.40. The van der Waals surface area contributed by atoms with Gasteiger partial charge in [-0.15, -0.1) is 0 Å². The summed E-state index contributed by atoms with van der Waals surface area (Å²) in [5.41, 5.74) is 6.85. The molecule has 13 heteroatoms. The summed E-state index contributed by atoms with van der Waals surface area (Å²) in [4.78, 5) is 63.3. The number of aromatic amines is 2. The fourth-order valence-corrected chi connectivity index (χ4v) is 8.77. The molecule has 0 bridgehead atoms. The molecule has 2 saturated heterocycles. The van der Waals surface area contributed by atoms with Gasteiger partial charge in [-0.05, 0) is 91.8 Å². The molecule has 0 saturated carbocycles. The average molecular weight is 760 g/mol. The first kappa shape index (κ1) is 37.4. The molecule has 0 aliphatic carbocycles. The molecular formula is C43H49N7O6. The van der Waals surface area contributed by atoms with E-state index in [0.29, 0.717) is 25.4 Å². The monoisotopic (exact) mass is 759 g/mol. The molecule has 0 radical (unpaired) electrons. The van der Waals surface area contributed by atoms with Gasteiger partial charge in [-0.1, -0.05) is 32.0 Å². The number of ether oxygens (including phenoxy) is 3. The number of rotatable bonds is 9. The molecule has 13 nitrogen and oxygen atoms in total. The van der Waals surface area contributed by atoms with Gasteiger partial charge in [-0.25, -0.2) is 14.8 Å². The van der Waals surface area contributed by atoms with Crippen molar-refractivity contribution in [1.29, 1.82) is 0 Å². The molecule has 3 aliphatic rings. The highest BCUT2D eigenvalue weighted by molar-refractivity contribution is 6.07. The minimum absolute atomic E-state index is 0.0492. The van der Waals surface area contributed by atoms with E-state index >= 15 is 0 Å². The number of fused-ring (bicyclic) bond motifs is 6. The summed E-state index contributed by atoms with van der Waals surface area (Å²) in [5.74, 6) is 1.86. The van der Waals surface area contributed by atoms with Crippen LogP contribution < -0.4 is 4.74 Å². The Hall–Kier alpha value is -5.56. The topological polar surface area (TPSA) is 155 Å². The minimum atomic E-state index is -0.770. The lowest BCUT2D eigenvalue weighted by Crippen LogP contribution is -2.42. The van der Waals surface area contributed by atoms with E-state index in [1.54, 1.807) is 6.92 Å². The van der Waals surface area contributed by atoms with Gasteiger partial charge in [0.15, 0.2) is 0 Å². The molecular weight excluding hydrogens is 711 g/mol. The predicted octanol–water partition coefficient (Wildman–Crippen LogP) is 7.92. The van der Waals surface area contributed by atoms with Crippen LogP contribution in [0.2, 0.25) is 0 Å². The van der Waals surface area contributed by atoms with E-state index in [0.717, 1.165) is 87.0 Å². The average Bonchev–Trinajstić information content (AvgIpc) is 4.02. The maximum atomic E-state index is 13.9. The number of nitrogens with one attached hydrogen (secondary N) is 2. The first-order valence-electron chi connectivity index (χ1n) is 19.6. The fourth-order valence-electron chi connectivity index (χ4n) is 8.77. The molecule has 56 heavy (non-hydrogen) atoms. The normalized spacial score (nSPS) is 21.7. The lowest BCUT2D eigenvalue weighted by Gasteiger charge is -2.28. The van der Waals surface area contributed by atoms with E-state index in [-0.39, 0.29) is 35.9 Å². The highest BCUT2D eigenvalue weighted by Crippen LogP contribution is 2.44. The summed E-state index contributed by atoms with van der Waals surface area (Å²) in [6.45, 7) is 9.03. The van der Waals surface area contributed by atoms with Gasteiger partial charge in [0.1, 0.15) is 24.0 Å². The third kappa shape index (κ3) is 6.71. The van der Waals surface area contributed by atoms with Crippen molar-refractivity contribution in [2.24, 2.45) is 16.8 Å². The lowest BCUT2D eigenvalue weighted by atomic mass is 9.92. The number of carbonyl (C=O) groups excluding carboxylic acids is 3. The molecule has 5 heterocycles. The van der Waals surface area contributed by atoms with Gasteiger partial charge in [-0.2, -0.15) is 4.99 Å². The Bertz CT molecular complexity index is 2350. The molecule has 2 N–H and O–H groups in total. The zero-order chi connectivity index (χ0) is 39.2. The van der Waals surface area contributed by atoms with Crippen LogP contribution in [0.5, 0.6) is 5.75 Å². The van der Waals surface area contributed by atoms with Gasteiger partial charge in [0.05, 0.1) is 54.1 Å². The minimum Gasteiger partial charge on any atom is -0.488 e. The van der Waals surface area contributed by atoms with Crippen LogP contribution in [-0.2, 0) is 25.7 Å². The smallest absolute Gasteiger partial charge is 0.432 e. The molecule has 3 aliphatic heterocycles. The Morgan fingerprint density at radius 1 is 1.04 bits per heavy atom. The van der Waals surface area contributed by atoms with Gasteiger partial charge < -0.3 is 34.0 Å². The van der Waals surface area contributed by atoms with Crippen LogP contribution in [0.25, 0.3) is 44.2 Å². The summed E-state index contributed by atoms with van der Waals surface area (Å²) in [6, 6.07) is 14.7. The number of benzene rings is 3. The van der Waals surface area contributed by atoms with Crippen LogP contribution in [0.15, 0.2) is 53.7 Å². The van der Waals surface area contributed by atoms with Crippen molar-refractivity contribution in [3.05, 3.63) is 65.9 Å². The molecule has 8 rings (SSSR count). The Morgan fingerprint density at radius 3 is 2.66 bits per heavy atom. The van der Waals surface area contributed by atoms with Crippen LogP contribution in [-0.4, -0.2) is 86.8 Å². The van der Waals surface area contributed by atoms with Crippen molar-refractivity contribution in [2.45, 2.75) is 90.6 Å². The third-order valence-corrected chi connectivity index (χ3v) is 11.8. The number of carbonyl (C=O) groups is 3. The van der Waals surface area contributed by atoms with Crippen molar-refractivity contribution in [3.63, 3.8) is 0 Å². The van der Waals surface area contributed by atoms with E-state index in [2.05, 4.69) is 76.0 Å². The molecule has 2 fully saturated rings. The number of nitrogens with zero attached hydrogens (tertiary/aromatic N) is 5. The molecule has 2 aromatic heterocycles. The highest BCUT2D eigenvalue weighted by atomic mass is 16.5. The van der Waals surface area contributed by atoms with Crippen LogP contribution in [0.4, 0.5) is 4.79 Å². The molecule has 3 aromatic carbocycles. The van der Waals surface area contributed by atoms with Crippen LogP contribution in [0.3, 0.4) is 0 Å². The number of aromatic nitrogens is 4. The van der Waals surface area contributed by atoms with E-state index in [9.17, 15) is 14.4 Å². The molecule has 3 amide bonds. The molecule has 292 valence electrons. The second-order valence-electron chi connectivity index (χ2n) is 15.5. The number of likely N-dealkylation sites (tertiary alicyclic amines) is 2. The van der Waals surface area contributed by atoms with E-state index in [1.165, 1.54) is 20.4 Å². The van der Waals surface area contributed by atoms with Gasteiger partial charge in [0.2, 0.25) is 11.8 Å². The van der Waals surface area contributed by atoms with Crippen LogP contribution in [0.1, 0.15) is 89.1 Å². The molecule has 5 aromatic rings. The Labute approximate surface area is 325 Å². The number of hydrogen-bond acceptors (Lipinski definition) is 8. The summed E-state index contributed by atoms with van der Waals surface area (Å²) < 4.78 is 16.6. The maximum absolute atomic E-state index is 13.9. The summed E-state index contributed by atoms with van der Waals surface area (Å²) in [6.07, 6.45) is 5.85. The summed E-state index contributed by atoms with van der Waals surface area (Å²) in [7, 11) is 2.78. The second-order valence-corrected chi connectivity index (χ2v) is 15.5. The van der Waals surface area contributed by atoms with Gasteiger partial charge in [-0.3, -0.25) is 9.59 Å². The largest absolute Gasteiger partial charge is 0.488 e. The van der Waals surface area contributed by atoms with Crippen LogP contribution in [0, 0.1) is 11.8 Å². The van der Waals surface area contributed by atoms with Crippen molar-refractivity contribution in [1.82, 2.24) is 29.7 Å². The zero-order valence-corrected chi connectivity index (χ0v) is 32.8. The van der Waals surface area contributed by atoms with Gasteiger partial charge in [0, 0.05) is 43.3 Å². The maximum Gasteiger partial charge on any atom is 0.432 e. The molecule has 0 spiro atoms.